The smallest absolute Gasteiger partial charge is 0.379 e. The Kier molecular flexibility index (Phi) is 4.78. The van der Waals surface area contributed by atoms with E-state index in [0.717, 1.165) is 6.07 Å². The highest BCUT2D eigenvalue weighted by Gasteiger charge is 2.34. The Balaban J connectivity index is 2.25. The molecular formula is C14H9BrClF4N. The van der Waals surface area contributed by atoms with Crippen LogP contribution in [0.25, 0.3) is 0 Å². The van der Waals surface area contributed by atoms with Crippen molar-refractivity contribution in [1.29, 1.82) is 0 Å². The maximum atomic E-state index is 13.4. The molecule has 0 saturated heterocycles. The van der Waals surface area contributed by atoms with Crippen LogP contribution in [0.1, 0.15) is 11.1 Å². The minimum absolute atomic E-state index is 0.0248. The van der Waals surface area contributed by atoms with Gasteiger partial charge in [-0.15, -0.1) is 0 Å². The minimum atomic E-state index is -4.52. The van der Waals surface area contributed by atoms with Crippen LogP contribution >= 0.6 is 27.5 Å². The normalized spacial score (nSPS) is 11.5. The van der Waals surface area contributed by atoms with E-state index in [9.17, 15) is 17.6 Å². The molecule has 2 aromatic rings. The van der Waals surface area contributed by atoms with Crippen molar-refractivity contribution in [2.45, 2.75) is 12.7 Å². The Labute approximate surface area is 132 Å². The summed E-state index contributed by atoms with van der Waals surface area (Å²) in [6, 6.07) is 7.86. The van der Waals surface area contributed by atoms with Crippen molar-refractivity contribution in [2.75, 3.05) is 5.32 Å². The van der Waals surface area contributed by atoms with Crippen LogP contribution in [-0.4, -0.2) is 0 Å². The van der Waals surface area contributed by atoms with Gasteiger partial charge in [-0.05, 0) is 45.8 Å². The summed E-state index contributed by atoms with van der Waals surface area (Å²) in [5.74, 6) is -0.482. The molecule has 0 aliphatic carbocycles. The van der Waals surface area contributed by atoms with Crippen LogP contribution in [0.2, 0.25) is 5.02 Å². The maximum absolute atomic E-state index is 13.4. The first-order valence-electron chi connectivity index (χ1n) is 5.82. The molecular weight excluding hydrogens is 374 g/mol. The van der Waals surface area contributed by atoms with Crippen LogP contribution in [-0.2, 0) is 12.7 Å². The highest BCUT2D eigenvalue weighted by Crippen LogP contribution is 2.38. The third kappa shape index (κ3) is 3.89. The molecule has 0 aromatic heterocycles. The van der Waals surface area contributed by atoms with Crippen LogP contribution in [0.5, 0.6) is 0 Å². The second kappa shape index (κ2) is 6.23. The molecule has 112 valence electrons. The molecule has 0 aliphatic heterocycles. The molecule has 2 aromatic carbocycles. The Morgan fingerprint density at radius 3 is 2.48 bits per heavy atom. The van der Waals surface area contributed by atoms with Gasteiger partial charge in [-0.25, -0.2) is 4.39 Å². The van der Waals surface area contributed by atoms with Crippen molar-refractivity contribution >= 4 is 33.2 Å². The lowest BCUT2D eigenvalue weighted by molar-refractivity contribution is -0.136. The maximum Gasteiger partial charge on any atom is 0.418 e. The number of benzene rings is 2. The van der Waals surface area contributed by atoms with Crippen LogP contribution in [0.3, 0.4) is 0 Å². The number of halogens is 6. The van der Waals surface area contributed by atoms with E-state index in [1.807, 2.05) is 0 Å². The summed E-state index contributed by atoms with van der Waals surface area (Å²) in [6.45, 7) is 0.0248. The van der Waals surface area contributed by atoms with E-state index >= 15 is 0 Å². The number of alkyl halides is 3. The zero-order valence-corrected chi connectivity index (χ0v) is 12.8. The van der Waals surface area contributed by atoms with Crippen molar-refractivity contribution in [3.63, 3.8) is 0 Å². The quantitative estimate of drug-likeness (QED) is 0.654. The Bertz CT molecular complexity index is 658. The molecule has 0 atom stereocenters. The summed E-state index contributed by atoms with van der Waals surface area (Å²) in [5, 5.41) is 2.58. The number of hydrogen-bond donors (Lipinski definition) is 1. The molecule has 0 bridgehead atoms. The number of hydrogen-bond acceptors (Lipinski definition) is 1. The predicted molar refractivity (Wildman–Crippen MR) is 77.9 cm³/mol. The van der Waals surface area contributed by atoms with Gasteiger partial charge in [0, 0.05) is 6.54 Å². The van der Waals surface area contributed by atoms with Crippen molar-refractivity contribution in [3.8, 4) is 0 Å². The predicted octanol–water partition coefficient (Wildman–Crippen LogP) is 5.87. The average molecular weight is 383 g/mol. The summed E-state index contributed by atoms with van der Waals surface area (Å²) in [7, 11) is 0. The van der Waals surface area contributed by atoms with E-state index < -0.39 is 17.6 Å². The molecule has 0 radical (unpaired) electrons. The van der Waals surface area contributed by atoms with Crippen molar-refractivity contribution in [3.05, 3.63) is 62.8 Å². The molecule has 0 saturated carbocycles. The topological polar surface area (TPSA) is 12.0 Å². The van der Waals surface area contributed by atoms with Crippen molar-refractivity contribution in [2.24, 2.45) is 0 Å². The first-order chi connectivity index (χ1) is 9.79. The molecule has 0 heterocycles. The molecule has 0 unspecified atom stereocenters. The largest absolute Gasteiger partial charge is 0.418 e. The fraction of sp³-hybridized carbons (Fsp3) is 0.143. The van der Waals surface area contributed by atoms with Gasteiger partial charge < -0.3 is 5.32 Å². The van der Waals surface area contributed by atoms with Crippen LogP contribution < -0.4 is 5.32 Å². The zero-order valence-electron chi connectivity index (χ0n) is 10.4. The first kappa shape index (κ1) is 16.1. The van der Waals surface area contributed by atoms with E-state index in [0.29, 0.717) is 10.0 Å². The average Bonchev–Trinajstić information content (AvgIpc) is 2.40. The molecule has 2 rings (SSSR count). The summed E-state index contributed by atoms with van der Waals surface area (Å²) in [4.78, 5) is 0. The van der Waals surface area contributed by atoms with Gasteiger partial charge in [0.25, 0.3) is 0 Å². The van der Waals surface area contributed by atoms with Gasteiger partial charge in [-0.3, -0.25) is 0 Å². The number of para-hydroxylation sites is 1. The lowest BCUT2D eigenvalue weighted by Gasteiger charge is -2.16. The van der Waals surface area contributed by atoms with Crippen molar-refractivity contribution in [1.82, 2.24) is 0 Å². The van der Waals surface area contributed by atoms with E-state index in [-0.39, 0.29) is 17.3 Å². The summed E-state index contributed by atoms with van der Waals surface area (Å²) in [5.41, 5.74) is -0.564. The Morgan fingerprint density at radius 1 is 1.14 bits per heavy atom. The van der Waals surface area contributed by atoms with Gasteiger partial charge in [0.05, 0.1) is 20.7 Å². The fourth-order valence-electron chi connectivity index (χ4n) is 1.78. The third-order valence-electron chi connectivity index (χ3n) is 2.77. The first-order valence-corrected chi connectivity index (χ1v) is 6.99. The minimum Gasteiger partial charge on any atom is -0.379 e. The van der Waals surface area contributed by atoms with Gasteiger partial charge in [0.1, 0.15) is 5.82 Å². The number of rotatable bonds is 3. The van der Waals surface area contributed by atoms with E-state index in [1.165, 1.54) is 24.3 Å². The molecule has 1 nitrogen and oxygen atoms in total. The second-order valence-electron chi connectivity index (χ2n) is 4.26. The molecule has 21 heavy (non-hydrogen) atoms. The molecule has 0 aliphatic rings. The lowest BCUT2D eigenvalue weighted by atomic mass is 10.1. The molecule has 0 amide bonds. The monoisotopic (exact) mass is 381 g/mol. The van der Waals surface area contributed by atoms with Gasteiger partial charge in [0.2, 0.25) is 0 Å². The zero-order chi connectivity index (χ0) is 15.6. The van der Waals surface area contributed by atoms with Gasteiger partial charge >= 0.3 is 6.18 Å². The highest BCUT2D eigenvalue weighted by molar-refractivity contribution is 9.10. The molecule has 0 spiro atoms. The fourth-order valence-corrected chi connectivity index (χ4v) is 2.27. The highest BCUT2D eigenvalue weighted by atomic mass is 79.9. The summed E-state index contributed by atoms with van der Waals surface area (Å²) >= 11 is 8.82. The van der Waals surface area contributed by atoms with Crippen molar-refractivity contribution < 1.29 is 17.6 Å². The van der Waals surface area contributed by atoms with Gasteiger partial charge in [-0.2, -0.15) is 13.2 Å². The summed E-state index contributed by atoms with van der Waals surface area (Å²) in [6.07, 6.45) is -4.52. The van der Waals surface area contributed by atoms with E-state index in [4.69, 9.17) is 11.6 Å². The second-order valence-corrected chi connectivity index (χ2v) is 5.52. The SMILES string of the molecule is Fc1cc(CNc2c(Cl)cccc2C(F)(F)F)ccc1Br. The van der Waals surface area contributed by atoms with Crippen LogP contribution in [0.4, 0.5) is 23.2 Å². The van der Waals surface area contributed by atoms with Gasteiger partial charge in [-0.1, -0.05) is 23.7 Å². The van der Waals surface area contributed by atoms with Gasteiger partial charge in [0.15, 0.2) is 0 Å². The van der Waals surface area contributed by atoms with E-state index in [2.05, 4.69) is 21.2 Å². The van der Waals surface area contributed by atoms with Crippen LogP contribution in [0, 0.1) is 5.82 Å². The lowest BCUT2D eigenvalue weighted by Crippen LogP contribution is -2.11. The summed E-state index contributed by atoms with van der Waals surface area (Å²) < 4.78 is 52.4. The number of anilines is 1. The van der Waals surface area contributed by atoms with Crippen LogP contribution in [0.15, 0.2) is 40.9 Å². The third-order valence-corrected chi connectivity index (χ3v) is 3.73. The molecule has 0 fully saturated rings. The standard InChI is InChI=1S/C14H9BrClF4N/c15-10-5-4-8(6-12(10)17)7-21-13-9(14(18,19)20)2-1-3-11(13)16/h1-6,21H,7H2. The molecule has 7 heteroatoms. The molecule has 1 N–H and O–H groups in total. The van der Waals surface area contributed by atoms with E-state index in [1.54, 1.807) is 6.07 Å². The number of nitrogens with one attached hydrogen (secondary N) is 1. The Morgan fingerprint density at radius 2 is 1.86 bits per heavy atom. The Hall–Kier alpha value is -1.27.